The average molecular weight is 391 g/mol. The van der Waals surface area contributed by atoms with E-state index in [1.807, 2.05) is 32.0 Å². The van der Waals surface area contributed by atoms with Crippen LogP contribution in [0.4, 0.5) is 5.69 Å². The highest BCUT2D eigenvalue weighted by atomic mass is 32.2. The van der Waals surface area contributed by atoms with Crippen LogP contribution in [0.5, 0.6) is 5.75 Å². The Labute approximate surface area is 161 Å². The summed E-state index contributed by atoms with van der Waals surface area (Å²) in [6.07, 6.45) is 1.09. The van der Waals surface area contributed by atoms with Crippen LogP contribution in [0.1, 0.15) is 29.2 Å². The topological polar surface area (TPSA) is 75.7 Å². The molecule has 0 spiro atoms. The van der Waals surface area contributed by atoms with Crippen LogP contribution in [0, 0.1) is 13.8 Å². The molecule has 0 fully saturated rings. The van der Waals surface area contributed by atoms with Crippen LogP contribution in [0.2, 0.25) is 0 Å². The van der Waals surface area contributed by atoms with Crippen molar-refractivity contribution < 1.29 is 17.9 Å². The van der Waals surface area contributed by atoms with Crippen molar-refractivity contribution in [1.82, 2.24) is 4.72 Å². The number of carbonyl (C=O) groups is 1. The maximum atomic E-state index is 12.8. The van der Waals surface area contributed by atoms with E-state index >= 15 is 0 Å². The van der Waals surface area contributed by atoms with E-state index in [1.54, 1.807) is 43.3 Å². The van der Waals surface area contributed by atoms with E-state index in [0.29, 0.717) is 11.3 Å². The fourth-order valence-corrected chi connectivity index (χ4v) is 3.45. The minimum atomic E-state index is -3.49. The molecule has 1 unspecified atom stereocenters. The lowest BCUT2D eigenvalue weighted by Crippen LogP contribution is -2.34. The van der Waals surface area contributed by atoms with Gasteiger partial charge in [0.2, 0.25) is 15.9 Å². The van der Waals surface area contributed by atoms with Gasteiger partial charge >= 0.3 is 0 Å². The number of amides is 1. The van der Waals surface area contributed by atoms with Gasteiger partial charge in [0.05, 0.1) is 19.4 Å². The maximum absolute atomic E-state index is 12.8. The van der Waals surface area contributed by atoms with Crippen LogP contribution < -0.4 is 14.4 Å². The number of anilines is 1. The second kappa shape index (κ2) is 8.54. The number of benzene rings is 2. The number of nitrogens with one attached hydrogen (secondary N) is 1. The Hall–Kier alpha value is -2.38. The fourth-order valence-electron chi connectivity index (χ4n) is 2.71. The zero-order valence-corrected chi connectivity index (χ0v) is 17.1. The second-order valence-corrected chi connectivity index (χ2v) is 8.42. The number of rotatable bonds is 7. The number of hydrogen-bond donors (Lipinski definition) is 1. The number of methoxy groups -OCH3 is 1. The van der Waals surface area contributed by atoms with Crippen LogP contribution in [0.3, 0.4) is 0 Å². The molecule has 27 heavy (non-hydrogen) atoms. The predicted octanol–water partition coefficient (Wildman–Crippen LogP) is 2.96. The molecule has 0 aliphatic heterocycles. The molecule has 6 nitrogen and oxygen atoms in total. The van der Waals surface area contributed by atoms with Gasteiger partial charge < -0.3 is 9.64 Å². The Morgan fingerprint density at radius 2 is 1.74 bits per heavy atom. The summed E-state index contributed by atoms with van der Waals surface area (Å²) in [5, 5.41) is 0. The van der Waals surface area contributed by atoms with Crippen molar-refractivity contribution in [2.24, 2.45) is 0 Å². The highest BCUT2D eigenvalue weighted by molar-refractivity contribution is 7.88. The smallest absolute Gasteiger partial charge is 0.228 e. The second-order valence-electron chi connectivity index (χ2n) is 6.64. The quantitative estimate of drug-likeness (QED) is 0.789. The van der Waals surface area contributed by atoms with E-state index in [1.165, 1.54) is 0 Å². The molecule has 0 saturated carbocycles. The predicted molar refractivity (Wildman–Crippen MR) is 108 cm³/mol. The van der Waals surface area contributed by atoms with Gasteiger partial charge in [-0.05, 0) is 54.8 Å². The summed E-state index contributed by atoms with van der Waals surface area (Å²) in [7, 11) is -0.236. The average Bonchev–Trinajstić information content (AvgIpc) is 2.61. The molecule has 0 aliphatic carbocycles. The lowest BCUT2D eigenvalue weighted by molar-refractivity contribution is -0.118. The third-order valence-corrected chi connectivity index (χ3v) is 5.22. The van der Waals surface area contributed by atoms with Crippen molar-refractivity contribution in [3.63, 3.8) is 0 Å². The van der Waals surface area contributed by atoms with Crippen LogP contribution in [0.25, 0.3) is 0 Å². The van der Waals surface area contributed by atoms with E-state index in [4.69, 9.17) is 4.74 Å². The molecule has 1 N–H and O–H groups in total. The number of aryl methyl sites for hydroxylation is 2. The Morgan fingerprint density at radius 3 is 2.26 bits per heavy atom. The first kappa shape index (κ1) is 20.9. The Balaban J connectivity index is 2.24. The molecular formula is C20H26N2O4S. The number of sulfonamides is 1. The van der Waals surface area contributed by atoms with Gasteiger partial charge in [-0.15, -0.1) is 0 Å². The molecule has 0 saturated heterocycles. The van der Waals surface area contributed by atoms with Gasteiger partial charge in [0.15, 0.2) is 0 Å². The number of hydrogen-bond acceptors (Lipinski definition) is 4. The minimum Gasteiger partial charge on any atom is -0.497 e. The first-order chi connectivity index (χ1) is 12.6. The van der Waals surface area contributed by atoms with Gasteiger partial charge in [0, 0.05) is 19.2 Å². The largest absolute Gasteiger partial charge is 0.497 e. The molecule has 1 atom stereocenters. The van der Waals surface area contributed by atoms with Gasteiger partial charge in [0.25, 0.3) is 0 Å². The van der Waals surface area contributed by atoms with Crippen LogP contribution >= 0.6 is 0 Å². The first-order valence-corrected chi connectivity index (χ1v) is 10.4. The molecule has 2 aromatic carbocycles. The summed E-state index contributed by atoms with van der Waals surface area (Å²) in [6, 6.07) is 12.1. The van der Waals surface area contributed by atoms with E-state index in [-0.39, 0.29) is 12.3 Å². The fraction of sp³-hybridized carbons (Fsp3) is 0.350. The lowest BCUT2D eigenvalue weighted by Gasteiger charge is -2.23. The molecular weight excluding hydrogens is 364 g/mol. The number of ether oxygens (including phenoxy) is 1. The molecule has 0 aliphatic rings. The van der Waals surface area contributed by atoms with E-state index in [0.717, 1.165) is 23.1 Å². The van der Waals surface area contributed by atoms with E-state index in [9.17, 15) is 13.2 Å². The molecule has 2 aromatic rings. The maximum Gasteiger partial charge on any atom is 0.228 e. The van der Waals surface area contributed by atoms with E-state index in [2.05, 4.69) is 4.72 Å². The summed E-state index contributed by atoms with van der Waals surface area (Å²) in [5.74, 6) is 0.477. The summed E-state index contributed by atoms with van der Waals surface area (Å²) in [6.45, 7) is 4.00. The molecule has 7 heteroatoms. The van der Waals surface area contributed by atoms with Crippen LogP contribution in [0.15, 0.2) is 42.5 Å². The normalized spacial score (nSPS) is 12.5. The van der Waals surface area contributed by atoms with Gasteiger partial charge in [-0.3, -0.25) is 4.79 Å². The zero-order chi connectivity index (χ0) is 20.2. The summed E-state index contributed by atoms with van der Waals surface area (Å²) in [5.41, 5.74) is 3.71. The van der Waals surface area contributed by atoms with Crippen LogP contribution in [-0.4, -0.2) is 34.7 Å². The third kappa shape index (κ3) is 5.80. The van der Waals surface area contributed by atoms with Crippen molar-refractivity contribution >= 4 is 21.6 Å². The van der Waals surface area contributed by atoms with Gasteiger partial charge in [-0.25, -0.2) is 13.1 Å². The standard InChI is InChI=1S/C20H26N2O4S/c1-14-6-9-17(12-15(14)2)22(3)20(23)13-19(21-27(5,24)25)16-7-10-18(26-4)11-8-16/h6-12,19,21H,13H2,1-5H3. The molecule has 0 aromatic heterocycles. The minimum absolute atomic E-state index is 0.00280. The number of nitrogens with zero attached hydrogens (tertiary/aromatic N) is 1. The van der Waals surface area contributed by atoms with Crippen molar-refractivity contribution in [3.05, 3.63) is 59.2 Å². The van der Waals surface area contributed by atoms with Crippen molar-refractivity contribution in [1.29, 1.82) is 0 Å². The molecule has 0 radical (unpaired) electrons. The SMILES string of the molecule is COc1ccc(C(CC(=O)N(C)c2ccc(C)c(C)c2)NS(C)(=O)=O)cc1. The molecule has 146 valence electrons. The molecule has 0 heterocycles. The molecule has 2 rings (SSSR count). The monoisotopic (exact) mass is 390 g/mol. The lowest BCUT2D eigenvalue weighted by atomic mass is 10.0. The van der Waals surface area contributed by atoms with Gasteiger partial charge in [-0.2, -0.15) is 0 Å². The van der Waals surface area contributed by atoms with Crippen molar-refractivity contribution in [2.75, 3.05) is 25.3 Å². The van der Waals surface area contributed by atoms with Gasteiger partial charge in [-0.1, -0.05) is 18.2 Å². The molecule has 0 bridgehead atoms. The Morgan fingerprint density at radius 1 is 1.11 bits per heavy atom. The van der Waals surface area contributed by atoms with Crippen LogP contribution in [-0.2, 0) is 14.8 Å². The van der Waals surface area contributed by atoms with Crippen molar-refractivity contribution in [2.45, 2.75) is 26.3 Å². The highest BCUT2D eigenvalue weighted by Crippen LogP contribution is 2.24. The summed E-state index contributed by atoms with van der Waals surface area (Å²) in [4.78, 5) is 14.3. The first-order valence-electron chi connectivity index (χ1n) is 8.56. The number of carbonyl (C=O) groups excluding carboxylic acids is 1. The van der Waals surface area contributed by atoms with Crippen molar-refractivity contribution in [3.8, 4) is 5.75 Å². The highest BCUT2D eigenvalue weighted by Gasteiger charge is 2.22. The third-order valence-electron chi connectivity index (χ3n) is 4.51. The van der Waals surface area contributed by atoms with E-state index < -0.39 is 16.1 Å². The molecule has 1 amide bonds. The summed E-state index contributed by atoms with van der Waals surface area (Å²) < 4.78 is 31.2. The summed E-state index contributed by atoms with van der Waals surface area (Å²) >= 11 is 0. The Bertz CT molecular complexity index is 908. The zero-order valence-electron chi connectivity index (χ0n) is 16.3. The Kier molecular flexibility index (Phi) is 6.62. The van der Waals surface area contributed by atoms with Gasteiger partial charge in [0.1, 0.15) is 5.75 Å².